The molecule has 1 heterocycles. The summed E-state index contributed by atoms with van der Waals surface area (Å²) in [6, 6.07) is 5.47. The Kier molecular flexibility index (Phi) is 6.70. The maximum Gasteiger partial charge on any atom is 0.257 e. The number of halogens is 2. The van der Waals surface area contributed by atoms with Crippen LogP contribution in [0, 0.1) is 11.7 Å². The summed E-state index contributed by atoms with van der Waals surface area (Å²) >= 11 is 0. The summed E-state index contributed by atoms with van der Waals surface area (Å²) in [7, 11) is 0. The molecule has 5 nitrogen and oxygen atoms in total. The Labute approximate surface area is 122 Å². The molecule has 0 saturated carbocycles. The largest absolute Gasteiger partial charge is 0.484 e. The van der Waals surface area contributed by atoms with E-state index in [2.05, 4.69) is 10.6 Å². The van der Waals surface area contributed by atoms with Crippen molar-refractivity contribution in [1.29, 1.82) is 0 Å². The van der Waals surface area contributed by atoms with Crippen molar-refractivity contribution in [3.63, 3.8) is 0 Å². The molecule has 0 aromatic heterocycles. The summed E-state index contributed by atoms with van der Waals surface area (Å²) in [6.45, 7) is 1.55. The second kappa shape index (κ2) is 8.04. The van der Waals surface area contributed by atoms with Crippen molar-refractivity contribution in [1.82, 2.24) is 10.6 Å². The first kappa shape index (κ1) is 16.7. The number of β-amino-alcohol motifs (C(OH)–C–C–N with tert-alkyl or cyclic N) is 1. The first-order valence-corrected chi connectivity index (χ1v) is 6.19. The average Bonchev–Trinajstić information content (AvgIpc) is 2.81. The Balaban J connectivity index is 0.00000200. The number of ether oxygens (including phenoxy) is 1. The lowest BCUT2D eigenvalue weighted by molar-refractivity contribution is -0.123. The molecule has 1 aromatic rings. The van der Waals surface area contributed by atoms with Crippen LogP contribution in [0.1, 0.15) is 0 Å². The van der Waals surface area contributed by atoms with E-state index in [0.717, 1.165) is 0 Å². The number of rotatable bonds is 5. The highest BCUT2D eigenvalue weighted by molar-refractivity contribution is 5.85. The zero-order valence-corrected chi connectivity index (χ0v) is 11.7. The second-order valence-electron chi connectivity index (χ2n) is 4.53. The van der Waals surface area contributed by atoms with Crippen molar-refractivity contribution in [3.05, 3.63) is 30.1 Å². The maximum atomic E-state index is 12.7. The smallest absolute Gasteiger partial charge is 0.257 e. The fourth-order valence-corrected chi connectivity index (χ4v) is 1.90. The zero-order valence-electron chi connectivity index (χ0n) is 10.8. The number of carbonyl (C=O) groups is 1. The van der Waals surface area contributed by atoms with Gasteiger partial charge < -0.3 is 20.5 Å². The van der Waals surface area contributed by atoms with Gasteiger partial charge in [0.05, 0.1) is 6.10 Å². The lowest BCUT2D eigenvalue weighted by Crippen LogP contribution is -2.36. The van der Waals surface area contributed by atoms with Gasteiger partial charge in [-0.2, -0.15) is 0 Å². The summed E-state index contributed by atoms with van der Waals surface area (Å²) in [5.41, 5.74) is 0. The van der Waals surface area contributed by atoms with Crippen molar-refractivity contribution in [2.45, 2.75) is 6.10 Å². The fraction of sp³-hybridized carbons (Fsp3) is 0.462. The minimum atomic E-state index is -0.418. The monoisotopic (exact) mass is 304 g/mol. The molecule has 1 aliphatic heterocycles. The van der Waals surface area contributed by atoms with Crippen LogP contribution in [0.15, 0.2) is 24.3 Å². The second-order valence-corrected chi connectivity index (χ2v) is 4.53. The van der Waals surface area contributed by atoms with Gasteiger partial charge in [-0.3, -0.25) is 4.79 Å². The third-order valence-corrected chi connectivity index (χ3v) is 3.05. The van der Waals surface area contributed by atoms with Crippen LogP contribution in [0.5, 0.6) is 5.75 Å². The highest BCUT2D eigenvalue weighted by Crippen LogP contribution is 2.11. The Morgan fingerprint density at radius 3 is 2.70 bits per heavy atom. The quantitative estimate of drug-likeness (QED) is 0.733. The van der Waals surface area contributed by atoms with Gasteiger partial charge in [-0.25, -0.2) is 4.39 Å². The van der Waals surface area contributed by atoms with Gasteiger partial charge >= 0.3 is 0 Å². The van der Waals surface area contributed by atoms with E-state index in [1.165, 1.54) is 24.3 Å². The predicted molar refractivity (Wildman–Crippen MR) is 74.5 cm³/mol. The van der Waals surface area contributed by atoms with Crippen LogP contribution in [0.2, 0.25) is 0 Å². The molecular weight excluding hydrogens is 287 g/mol. The third-order valence-electron chi connectivity index (χ3n) is 3.05. The molecule has 112 valence electrons. The molecule has 20 heavy (non-hydrogen) atoms. The highest BCUT2D eigenvalue weighted by atomic mass is 35.5. The van der Waals surface area contributed by atoms with Gasteiger partial charge in [0.2, 0.25) is 0 Å². The van der Waals surface area contributed by atoms with Crippen LogP contribution in [0.25, 0.3) is 0 Å². The summed E-state index contributed by atoms with van der Waals surface area (Å²) in [5.74, 6) is -0.128. The number of carbonyl (C=O) groups excluding carboxylic acids is 1. The predicted octanol–water partition coefficient (Wildman–Crippen LogP) is 0.323. The van der Waals surface area contributed by atoms with Crippen LogP contribution in [0.3, 0.4) is 0 Å². The molecule has 2 unspecified atom stereocenters. The van der Waals surface area contributed by atoms with Crippen LogP contribution < -0.4 is 15.4 Å². The van der Waals surface area contributed by atoms with Gasteiger partial charge in [-0.15, -0.1) is 12.4 Å². The topological polar surface area (TPSA) is 70.6 Å². The third kappa shape index (κ3) is 4.96. The number of nitrogens with one attached hydrogen (secondary N) is 2. The summed E-state index contributed by atoms with van der Waals surface area (Å²) in [4.78, 5) is 11.5. The molecule has 0 bridgehead atoms. The summed E-state index contributed by atoms with van der Waals surface area (Å²) < 4.78 is 17.9. The van der Waals surface area contributed by atoms with Crippen LogP contribution in [-0.4, -0.2) is 43.4 Å². The van der Waals surface area contributed by atoms with Crippen molar-refractivity contribution < 1.29 is 19.0 Å². The Morgan fingerprint density at radius 2 is 2.10 bits per heavy atom. The molecule has 1 aromatic carbocycles. The number of aliphatic hydroxyl groups is 1. The normalized spacial score (nSPS) is 21.1. The van der Waals surface area contributed by atoms with Crippen molar-refractivity contribution >= 4 is 18.3 Å². The summed E-state index contributed by atoms with van der Waals surface area (Å²) in [5, 5.41) is 15.3. The number of hydrogen-bond donors (Lipinski definition) is 3. The number of amides is 1. The van der Waals surface area contributed by atoms with Crippen molar-refractivity contribution in [3.8, 4) is 5.75 Å². The molecule has 7 heteroatoms. The van der Waals surface area contributed by atoms with Crippen LogP contribution in [0.4, 0.5) is 4.39 Å². The lowest BCUT2D eigenvalue weighted by atomic mass is 10.1. The molecule has 2 rings (SSSR count). The first-order valence-electron chi connectivity index (χ1n) is 6.19. The van der Waals surface area contributed by atoms with Gasteiger partial charge in [0.25, 0.3) is 5.91 Å². The molecule has 2 atom stereocenters. The first-order chi connectivity index (χ1) is 9.15. The van der Waals surface area contributed by atoms with Crippen molar-refractivity contribution in [2.24, 2.45) is 5.92 Å². The Bertz CT molecular complexity index is 430. The molecule has 0 aliphatic carbocycles. The molecule has 0 spiro atoms. The summed E-state index contributed by atoms with van der Waals surface area (Å²) in [6.07, 6.45) is -0.418. The van der Waals surface area contributed by atoms with Crippen LogP contribution >= 0.6 is 12.4 Å². The van der Waals surface area contributed by atoms with Gasteiger partial charge in [-0.05, 0) is 24.3 Å². The number of benzene rings is 1. The van der Waals surface area contributed by atoms with E-state index in [-0.39, 0.29) is 36.7 Å². The Morgan fingerprint density at radius 1 is 1.40 bits per heavy atom. The highest BCUT2D eigenvalue weighted by Gasteiger charge is 2.24. The van der Waals surface area contributed by atoms with Gasteiger partial charge in [0, 0.05) is 25.6 Å². The number of aliphatic hydroxyl groups excluding tert-OH is 1. The van der Waals surface area contributed by atoms with Gasteiger partial charge in [0.1, 0.15) is 11.6 Å². The molecule has 1 fully saturated rings. The number of hydrogen-bond acceptors (Lipinski definition) is 4. The van der Waals surface area contributed by atoms with E-state index in [1.54, 1.807) is 0 Å². The van der Waals surface area contributed by atoms with E-state index in [0.29, 0.717) is 25.4 Å². The van der Waals surface area contributed by atoms with E-state index in [4.69, 9.17) is 4.74 Å². The van der Waals surface area contributed by atoms with E-state index in [9.17, 15) is 14.3 Å². The zero-order chi connectivity index (χ0) is 13.7. The minimum absolute atomic E-state index is 0. The molecule has 3 N–H and O–H groups in total. The minimum Gasteiger partial charge on any atom is -0.484 e. The van der Waals surface area contributed by atoms with E-state index >= 15 is 0 Å². The van der Waals surface area contributed by atoms with Crippen molar-refractivity contribution in [2.75, 3.05) is 26.2 Å². The molecule has 1 saturated heterocycles. The van der Waals surface area contributed by atoms with E-state index in [1.807, 2.05) is 0 Å². The SMILES string of the molecule is Cl.O=C(COc1ccc(F)cc1)NCC1CNCC1O. The molecule has 1 amide bonds. The van der Waals surface area contributed by atoms with Crippen LogP contribution in [-0.2, 0) is 4.79 Å². The average molecular weight is 305 g/mol. The van der Waals surface area contributed by atoms with Gasteiger partial charge in [-0.1, -0.05) is 0 Å². The molecular formula is C13H18ClFN2O3. The van der Waals surface area contributed by atoms with Gasteiger partial charge in [0.15, 0.2) is 6.61 Å². The van der Waals surface area contributed by atoms with E-state index < -0.39 is 6.10 Å². The fourth-order valence-electron chi connectivity index (χ4n) is 1.90. The standard InChI is InChI=1S/C13H17FN2O3.ClH/c14-10-1-3-11(4-2-10)19-8-13(18)16-6-9-5-15-7-12(9)17;/h1-4,9,12,15,17H,5-8H2,(H,16,18);1H. The lowest BCUT2D eigenvalue weighted by Gasteiger charge is -2.14. The molecule has 0 radical (unpaired) electrons. The maximum absolute atomic E-state index is 12.7. The Hall–Kier alpha value is -1.37. The molecule has 1 aliphatic rings.